The zero-order valence-electron chi connectivity index (χ0n) is 10.6. The fourth-order valence-corrected chi connectivity index (χ4v) is 1.95. The molecule has 1 aromatic carbocycles. The Kier molecular flexibility index (Phi) is 2.63. The van der Waals surface area contributed by atoms with Gasteiger partial charge in [0.2, 0.25) is 6.79 Å². The van der Waals surface area contributed by atoms with Gasteiger partial charge in [-0.15, -0.1) is 0 Å². The van der Waals surface area contributed by atoms with Gasteiger partial charge >= 0.3 is 0 Å². The number of nitrogens with one attached hydrogen (secondary N) is 1. The highest BCUT2D eigenvalue weighted by atomic mass is 16.7. The number of carbonyl (C=O) groups excluding carboxylic acids is 1. The number of hydrogen-bond acceptors (Lipinski definition) is 4. The number of rotatable bonds is 2. The standard InChI is InChI=1S/C13H13N3O3/c1-8-5-12(16(2)15-8)14-13(17)9-3-4-10-11(6-9)19-7-18-10/h3-6H,7H2,1-2H3,(H,14,17). The Balaban J connectivity index is 1.82. The first-order valence-corrected chi connectivity index (χ1v) is 5.85. The molecule has 0 saturated heterocycles. The molecule has 19 heavy (non-hydrogen) atoms. The van der Waals surface area contributed by atoms with Crippen molar-refractivity contribution in [3.05, 3.63) is 35.5 Å². The molecule has 1 aromatic heterocycles. The van der Waals surface area contributed by atoms with Gasteiger partial charge in [-0.2, -0.15) is 5.10 Å². The monoisotopic (exact) mass is 259 g/mol. The molecule has 0 aliphatic carbocycles. The van der Waals surface area contributed by atoms with Crippen molar-refractivity contribution in [1.82, 2.24) is 9.78 Å². The van der Waals surface area contributed by atoms with Gasteiger partial charge in [0.15, 0.2) is 11.5 Å². The summed E-state index contributed by atoms with van der Waals surface area (Å²) in [6.07, 6.45) is 0. The number of amides is 1. The number of aryl methyl sites for hydroxylation is 2. The highest BCUT2D eigenvalue weighted by Crippen LogP contribution is 2.32. The number of aromatic nitrogens is 2. The van der Waals surface area contributed by atoms with E-state index in [1.54, 1.807) is 29.9 Å². The summed E-state index contributed by atoms with van der Waals surface area (Å²) >= 11 is 0. The Morgan fingerprint density at radius 2 is 2.11 bits per heavy atom. The summed E-state index contributed by atoms with van der Waals surface area (Å²) in [5, 5.41) is 6.98. The molecule has 0 unspecified atom stereocenters. The number of fused-ring (bicyclic) bond motifs is 1. The van der Waals surface area contributed by atoms with E-state index in [1.807, 2.05) is 13.0 Å². The average molecular weight is 259 g/mol. The molecular formula is C13H13N3O3. The molecule has 0 saturated carbocycles. The summed E-state index contributed by atoms with van der Waals surface area (Å²) < 4.78 is 12.1. The van der Waals surface area contributed by atoms with Crippen LogP contribution in [-0.4, -0.2) is 22.5 Å². The third kappa shape index (κ3) is 2.12. The second kappa shape index (κ2) is 4.31. The summed E-state index contributed by atoms with van der Waals surface area (Å²) in [4.78, 5) is 12.1. The van der Waals surface area contributed by atoms with Crippen LogP contribution in [0.5, 0.6) is 11.5 Å². The molecule has 1 amide bonds. The molecule has 98 valence electrons. The van der Waals surface area contributed by atoms with Crippen molar-refractivity contribution in [3.63, 3.8) is 0 Å². The fraction of sp³-hybridized carbons (Fsp3) is 0.231. The van der Waals surface area contributed by atoms with Gasteiger partial charge in [-0.05, 0) is 25.1 Å². The van der Waals surface area contributed by atoms with Gasteiger partial charge in [-0.25, -0.2) is 0 Å². The third-order valence-corrected chi connectivity index (χ3v) is 2.88. The van der Waals surface area contributed by atoms with Gasteiger partial charge in [-0.1, -0.05) is 0 Å². The number of ether oxygens (including phenoxy) is 2. The first kappa shape index (κ1) is 11.6. The normalized spacial score (nSPS) is 12.5. The number of carbonyl (C=O) groups is 1. The maximum Gasteiger partial charge on any atom is 0.256 e. The van der Waals surface area contributed by atoms with E-state index >= 15 is 0 Å². The Morgan fingerprint density at radius 1 is 1.32 bits per heavy atom. The minimum Gasteiger partial charge on any atom is -0.454 e. The molecule has 3 rings (SSSR count). The molecule has 0 fully saturated rings. The minimum absolute atomic E-state index is 0.196. The van der Waals surface area contributed by atoms with Crippen molar-refractivity contribution in [2.24, 2.45) is 7.05 Å². The van der Waals surface area contributed by atoms with Crippen LogP contribution in [0.3, 0.4) is 0 Å². The second-order valence-electron chi connectivity index (χ2n) is 4.32. The average Bonchev–Trinajstić information content (AvgIpc) is 2.95. The van der Waals surface area contributed by atoms with E-state index in [0.29, 0.717) is 22.9 Å². The molecule has 6 heteroatoms. The van der Waals surface area contributed by atoms with Crippen LogP contribution in [0, 0.1) is 6.92 Å². The summed E-state index contributed by atoms with van der Waals surface area (Å²) in [7, 11) is 1.78. The smallest absolute Gasteiger partial charge is 0.256 e. The van der Waals surface area contributed by atoms with Gasteiger partial charge in [-0.3, -0.25) is 9.48 Å². The van der Waals surface area contributed by atoms with Gasteiger partial charge in [0.1, 0.15) is 5.82 Å². The van der Waals surface area contributed by atoms with Crippen LogP contribution in [-0.2, 0) is 7.05 Å². The van der Waals surface area contributed by atoms with E-state index in [4.69, 9.17) is 9.47 Å². The Hall–Kier alpha value is -2.50. The van der Waals surface area contributed by atoms with Crippen LogP contribution < -0.4 is 14.8 Å². The lowest BCUT2D eigenvalue weighted by Crippen LogP contribution is -2.14. The summed E-state index contributed by atoms with van der Waals surface area (Å²) in [6, 6.07) is 6.91. The lowest BCUT2D eigenvalue weighted by molar-refractivity contribution is 0.102. The van der Waals surface area contributed by atoms with Crippen LogP contribution in [0.4, 0.5) is 5.82 Å². The van der Waals surface area contributed by atoms with Crippen molar-refractivity contribution < 1.29 is 14.3 Å². The largest absolute Gasteiger partial charge is 0.454 e. The maximum absolute atomic E-state index is 12.1. The van der Waals surface area contributed by atoms with Crippen molar-refractivity contribution in [1.29, 1.82) is 0 Å². The fourth-order valence-electron chi connectivity index (χ4n) is 1.95. The molecule has 2 heterocycles. The van der Waals surface area contributed by atoms with Gasteiger partial charge < -0.3 is 14.8 Å². The van der Waals surface area contributed by atoms with E-state index in [1.165, 1.54) is 0 Å². The van der Waals surface area contributed by atoms with Crippen molar-refractivity contribution >= 4 is 11.7 Å². The Morgan fingerprint density at radius 3 is 2.84 bits per heavy atom. The predicted molar refractivity (Wildman–Crippen MR) is 68.5 cm³/mol. The minimum atomic E-state index is -0.207. The van der Waals surface area contributed by atoms with E-state index in [9.17, 15) is 4.79 Å². The third-order valence-electron chi connectivity index (χ3n) is 2.88. The molecule has 0 spiro atoms. The number of nitrogens with zero attached hydrogens (tertiary/aromatic N) is 2. The maximum atomic E-state index is 12.1. The van der Waals surface area contributed by atoms with Crippen LogP contribution >= 0.6 is 0 Å². The molecule has 1 aliphatic heterocycles. The quantitative estimate of drug-likeness (QED) is 0.891. The summed E-state index contributed by atoms with van der Waals surface area (Å²) in [5.74, 6) is 1.70. The second-order valence-corrected chi connectivity index (χ2v) is 4.32. The van der Waals surface area contributed by atoms with E-state index in [-0.39, 0.29) is 12.7 Å². The van der Waals surface area contributed by atoms with Gasteiger partial charge in [0.05, 0.1) is 5.69 Å². The lowest BCUT2D eigenvalue weighted by atomic mass is 10.2. The zero-order valence-corrected chi connectivity index (χ0v) is 10.6. The summed E-state index contributed by atoms with van der Waals surface area (Å²) in [5.41, 5.74) is 1.37. The zero-order chi connectivity index (χ0) is 13.4. The molecule has 6 nitrogen and oxygen atoms in total. The van der Waals surface area contributed by atoms with Crippen LogP contribution in [0.15, 0.2) is 24.3 Å². The van der Waals surface area contributed by atoms with Gasteiger partial charge in [0, 0.05) is 18.7 Å². The van der Waals surface area contributed by atoms with Crippen molar-refractivity contribution in [2.45, 2.75) is 6.92 Å². The SMILES string of the molecule is Cc1cc(NC(=O)c2ccc3c(c2)OCO3)n(C)n1. The van der Waals surface area contributed by atoms with E-state index in [2.05, 4.69) is 10.4 Å². The molecule has 2 aromatic rings. The molecule has 1 N–H and O–H groups in total. The molecule has 1 aliphatic rings. The predicted octanol–water partition coefficient (Wildman–Crippen LogP) is 1.71. The van der Waals surface area contributed by atoms with Gasteiger partial charge in [0.25, 0.3) is 5.91 Å². The van der Waals surface area contributed by atoms with Crippen molar-refractivity contribution in [2.75, 3.05) is 12.1 Å². The molecule has 0 atom stereocenters. The van der Waals surface area contributed by atoms with E-state index < -0.39 is 0 Å². The Bertz CT molecular complexity index is 649. The first-order valence-electron chi connectivity index (χ1n) is 5.85. The highest BCUT2D eigenvalue weighted by molar-refractivity contribution is 6.04. The molecule has 0 radical (unpaired) electrons. The summed E-state index contributed by atoms with van der Waals surface area (Å²) in [6.45, 7) is 2.07. The highest BCUT2D eigenvalue weighted by Gasteiger charge is 2.17. The van der Waals surface area contributed by atoms with Crippen LogP contribution in [0.1, 0.15) is 16.1 Å². The van der Waals surface area contributed by atoms with Crippen LogP contribution in [0.25, 0.3) is 0 Å². The van der Waals surface area contributed by atoms with Crippen LogP contribution in [0.2, 0.25) is 0 Å². The molecule has 0 bridgehead atoms. The number of anilines is 1. The topological polar surface area (TPSA) is 65.4 Å². The number of benzene rings is 1. The lowest BCUT2D eigenvalue weighted by Gasteiger charge is -2.05. The number of hydrogen-bond donors (Lipinski definition) is 1. The van der Waals surface area contributed by atoms with Crippen molar-refractivity contribution in [3.8, 4) is 11.5 Å². The molecular weight excluding hydrogens is 246 g/mol. The first-order chi connectivity index (χ1) is 9.13. The Labute approximate surface area is 109 Å². The van der Waals surface area contributed by atoms with E-state index in [0.717, 1.165) is 5.69 Å².